The van der Waals surface area contributed by atoms with Crippen molar-refractivity contribution in [2.45, 2.75) is 11.7 Å². The van der Waals surface area contributed by atoms with Gasteiger partial charge in [0.25, 0.3) is 0 Å². The van der Waals surface area contributed by atoms with Crippen molar-refractivity contribution in [3.63, 3.8) is 0 Å². The largest absolute Gasteiger partial charge is 0.341 e. The molecule has 0 aliphatic carbocycles. The molecule has 2 atom stereocenters. The summed E-state index contributed by atoms with van der Waals surface area (Å²) in [4.78, 5) is 18.8. The summed E-state index contributed by atoms with van der Waals surface area (Å²) in [6.45, 7) is 2.15. The molecule has 0 saturated carbocycles. The number of nitrogens with two attached hydrogens (primary N) is 1. The quantitative estimate of drug-likeness (QED) is 0.877. The van der Waals surface area contributed by atoms with Gasteiger partial charge in [-0.2, -0.15) is 0 Å². The molecule has 1 fully saturated rings. The van der Waals surface area contributed by atoms with Gasteiger partial charge in [0.15, 0.2) is 0 Å². The minimum atomic E-state index is 0.202. The Morgan fingerprint density at radius 3 is 2.67 bits per heavy atom. The van der Waals surface area contributed by atoms with E-state index in [0.717, 1.165) is 24.5 Å². The van der Waals surface area contributed by atoms with E-state index in [1.807, 2.05) is 29.2 Å². The molecule has 126 valence electrons. The molecule has 2 heterocycles. The van der Waals surface area contributed by atoms with Gasteiger partial charge in [0.2, 0.25) is 5.91 Å². The lowest BCUT2D eigenvalue weighted by molar-refractivity contribution is -0.127. The van der Waals surface area contributed by atoms with Crippen LogP contribution in [0.25, 0.3) is 0 Å². The Labute approximate surface area is 147 Å². The first-order valence-corrected chi connectivity index (χ1v) is 9.44. The van der Waals surface area contributed by atoms with Crippen molar-refractivity contribution in [3.8, 4) is 0 Å². The molecule has 0 bridgehead atoms. The Balaban J connectivity index is 1.54. The van der Waals surface area contributed by atoms with E-state index in [2.05, 4.69) is 29.2 Å². The monoisotopic (exact) mass is 341 g/mol. The molecule has 1 aliphatic rings. The van der Waals surface area contributed by atoms with Gasteiger partial charge in [0.1, 0.15) is 0 Å². The second kappa shape index (κ2) is 8.31. The molecule has 1 aromatic carbocycles. The number of amides is 1. The van der Waals surface area contributed by atoms with Crippen LogP contribution < -0.4 is 5.73 Å². The highest BCUT2D eigenvalue weighted by Gasteiger charge is 2.34. The van der Waals surface area contributed by atoms with E-state index >= 15 is 0 Å². The van der Waals surface area contributed by atoms with Crippen LogP contribution in [-0.4, -0.2) is 41.2 Å². The fourth-order valence-corrected chi connectivity index (χ4v) is 4.05. The number of thioether (sulfide) groups is 1. The zero-order chi connectivity index (χ0) is 16.8. The third-order valence-electron chi connectivity index (χ3n) is 4.53. The molecular weight excluding hydrogens is 318 g/mol. The molecule has 4 nitrogen and oxygen atoms in total. The molecule has 1 saturated heterocycles. The molecule has 1 aliphatic heterocycles. The maximum Gasteiger partial charge on any atom is 0.232 e. The molecule has 3 rings (SSSR count). The highest BCUT2D eigenvalue weighted by Crippen LogP contribution is 2.32. The fourth-order valence-electron chi connectivity index (χ4n) is 3.21. The van der Waals surface area contributed by atoms with Gasteiger partial charge in [-0.1, -0.05) is 36.4 Å². The van der Waals surface area contributed by atoms with Crippen LogP contribution in [0.1, 0.15) is 17.2 Å². The summed E-state index contributed by atoms with van der Waals surface area (Å²) in [5.74, 6) is 2.16. The lowest BCUT2D eigenvalue weighted by Gasteiger charge is -2.16. The summed E-state index contributed by atoms with van der Waals surface area (Å²) in [6.07, 6.45) is 1.79. The SMILES string of the molecule is NC[C@@H]1CN(C(=O)CSCc2ccccn2)C[C@H]1c1ccccc1. The molecule has 0 radical (unpaired) electrons. The van der Waals surface area contributed by atoms with Crippen molar-refractivity contribution in [3.05, 3.63) is 66.0 Å². The van der Waals surface area contributed by atoms with Crippen molar-refractivity contribution in [1.29, 1.82) is 0 Å². The van der Waals surface area contributed by atoms with Crippen LogP contribution in [0, 0.1) is 5.92 Å². The van der Waals surface area contributed by atoms with E-state index in [1.54, 1.807) is 18.0 Å². The average molecular weight is 341 g/mol. The van der Waals surface area contributed by atoms with E-state index in [0.29, 0.717) is 24.1 Å². The normalized spacial score (nSPS) is 20.3. The standard InChI is InChI=1S/C19H23N3OS/c20-10-16-11-22(12-18(16)15-6-2-1-3-7-15)19(23)14-24-13-17-8-4-5-9-21-17/h1-9,16,18H,10-14,20H2/t16-,18+/m1/s1. The first-order chi connectivity index (χ1) is 11.8. The number of hydrogen-bond donors (Lipinski definition) is 1. The van der Waals surface area contributed by atoms with Crippen LogP contribution in [0.15, 0.2) is 54.7 Å². The van der Waals surface area contributed by atoms with Crippen LogP contribution in [0.4, 0.5) is 0 Å². The minimum absolute atomic E-state index is 0.202. The van der Waals surface area contributed by atoms with Gasteiger partial charge in [-0.05, 0) is 30.2 Å². The number of benzene rings is 1. The van der Waals surface area contributed by atoms with Crippen molar-refractivity contribution in [2.24, 2.45) is 11.7 Å². The van der Waals surface area contributed by atoms with E-state index in [4.69, 9.17) is 5.73 Å². The van der Waals surface area contributed by atoms with E-state index in [1.165, 1.54) is 5.56 Å². The van der Waals surface area contributed by atoms with Crippen molar-refractivity contribution < 1.29 is 4.79 Å². The first kappa shape index (κ1) is 17.0. The maximum absolute atomic E-state index is 12.5. The predicted octanol–water partition coefficient (Wildman–Crippen LogP) is 2.52. The maximum atomic E-state index is 12.5. The zero-order valence-electron chi connectivity index (χ0n) is 13.7. The molecule has 0 spiro atoms. The Bertz CT molecular complexity index is 650. The van der Waals surface area contributed by atoms with Crippen LogP contribution in [0.5, 0.6) is 0 Å². The third kappa shape index (κ3) is 4.16. The molecule has 2 aromatic rings. The number of likely N-dealkylation sites (tertiary alicyclic amines) is 1. The molecule has 5 heteroatoms. The van der Waals surface area contributed by atoms with Crippen molar-refractivity contribution in [2.75, 3.05) is 25.4 Å². The lowest BCUT2D eigenvalue weighted by Crippen LogP contribution is -2.31. The zero-order valence-corrected chi connectivity index (χ0v) is 14.5. The van der Waals surface area contributed by atoms with Gasteiger partial charge in [0.05, 0.1) is 11.4 Å². The van der Waals surface area contributed by atoms with Crippen LogP contribution in [0.3, 0.4) is 0 Å². The number of aromatic nitrogens is 1. The number of rotatable bonds is 6. The Morgan fingerprint density at radius 1 is 1.17 bits per heavy atom. The molecular formula is C19H23N3OS. The topological polar surface area (TPSA) is 59.2 Å². The summed E-state index contributed by atoms with van der Waals surface area (Å²) < 4.78 is 0. The molecule has 24 heavy (non-hydrogen) atoms. The molecule has 2 N–H and O–H groups in total. The van der Waals surface area contributed by atoms with Crippen molar-refractivity contribution in [1.82, 2.24) is 9.88 Å². The minimum Gasteiger partial charge on any atom is -0.341 e. The van der Waals surface area contributed by atoms with Gasteiger partial charge in [0, 0.05) is 31.0 Å². The predicted molar refractivity (Wildman–Crippen MR) is 98.7 cm³/mol. The lowest BCUT2D eigenvalue weighted by atomic mass is 9.89. The molecule has 1 amide bonds. The molecule has 1 aromatic heterocycles. The van der Waals surface area contributed by atoms with Gasteiger partial charge in [-0.25, -0.2) is 0 Å². The van der Waals surface area contributed by atoms with E-state index < -0.39 is 0 Å². The summed E-state index contributed by atoms with van der Waals surface area (Å²) in [5.41, 5.74) is 8.24. The number of carbonyl (C=O) groups is 1. The van der Waals surface area contributed by atoms with Crippen LogP contribution >= 0.6 is 11.8 Å². The summed E-state index contributed by atoms with van der Waals surface area (Å²) in [6, 6.07) is 16.3. The van der Waals surface area contributed by atoms with E-state index in [-0.39, 0.29) is 5.91 Å². The smallest absolute Gasteiger partial charge is 0.232 e. The average Bonchev–Trinajstić information content (AvgIpc) is 3.08. The van der Waals surface area contributed by atoms with Gasteiger partial charge in [-0.3, -0.25) is 9.78 Å². The molecule has 0 unspecified atom stereocenters. The second-order valence-electron chi connectivity index (χ2n) is 6.13. The summed E-state index contributed by atoms with van der Waals surface area (Å²) in [5, 5.41) is 0. The van der Waals surface area contributed by atoms with Gasteiger partial charge in [-0.15, -0.1) is 11.8 Å². The van der Waals surface area contributed by atoms with Gasteiger partial charge < -0.3 is 10.6 Å². The van der Waals surface area contributed by atoms with Crippen LogP contribution in [0.2, 0.25) is 0 Å². The fraction of sp³-hybridized carbons (Fsp3) is 0.368. The summed E-state index contributed by atoms with van der Waals surface area (Å²) >= 11 is 1.62. The highest BCUT2D eigenvalue weighted by atomic mass is 32.2. The van der Waals surface area contributed by atoms with Crippen LogP contribution in [-0.2, 0) is 10.5 Å². The Hall–Kier alpha value is -1.85. The number of nitrogens with zero attached hydrogens (tertiary/aromatic N) is 2. The second-order valence-corrected chi connectivity index (χ2v) is 7.11. The number of carbonyl (C=O) groups excluding carboxylic acids is 1. The van der Waals surface area contributed by atoms with E-state index in [9.17, 15) is 4.79 Å². The highest BCUT2D eigenvalue weighted by molar-refractivity contribution is 7.99. The number of pyridine rings is 1. The summed E-state index contributed by atoms with van der Waals surface area (Å²) in [7, 11) is 0. The Morgan fingerprint density at radius 2 is 1.96 bits per heavy atom. The van der Waals surface area contributed by atoms with Crippen molar-refractivity contribution >= 4 is 17.7 Å². The van der Waals surface area contributed by atoms with Gasteiger partial charge >= 0.3 is 0 Å². The Kier molecular flexibility index (Phi) is 5.88. The number of hydrogen-bond acceptors (Lipinski definition) is 4. The third-order valence-corrected chi connectivity index (χ3v) is 5.48. The first-order valence-electron chi connectivity index (χ1n) is 8.28.